The van der Waals surface area contributed by atoms with Crippen LogP contribution in [0.25, 0.3) is 0 Å². The molecule has 1 aliphatic rings. The molecule has 0 aliphatic carbocycles. The number of carbonyl (C=O) groups is 1. The molecule has 1 unspecified atom stereocenters. The van der Waals surface area contributed by atoms with Gasteiger partial charge in [-0.25, -0.2) is 0 Å². The molecule has 0 radical (unpaired) electrons. The average molecular weight is 278 g/mol. The molecule has 1 heterocycles. The lowest BCUT2D eigenvalue weighted by Crippen LogP contribution is -2.39. The van der Waals surface area contributed by atoms with Crippen molar-refractivity contribution in [1.82, 2.24) is 4.90 Å². The third kappa shape index (κ3) is 3.18. The van der Waals surface area contributed by atoms with Crippen molar-refractivity contribution in [3.8, 4) is 6.07 Å². The van der Waals surface area contributed by atoms with Crippen molar-refractivity contribution < 1.29 is 4.79 Å². The van der Waals surface area contributed by atoms with E-state index in [1.165, 1.54) is 0 Å². The highest BCUT2D eigenvalue weighted by molar-refractivity contribution is 6.30. The first kappa shape index (κ1) is 13.7. The first-order valence-corrected chi connectivity index (χ1v) is 6.74. The van der Waals surface area contributed by atoms with Crippen LogP contribution >= 0.6 is 11.6 Å². The predicted octanol–water partition coefficient (Wildman–Crippen LogP) is 2.63. The molecular formula is C14H16ClN3O. The number of anilines is 1. The zero-order valence-corrected chi connectivity index (χ0v) is 11.6. The fraction of sp³-hybridized carbons (Fsp3) is 0.429. The van der Waals surface area contributed by atoms with Crippen LogP contribution in [0.3, 0.4) is 0 Å². The lowest BCUT2D eigenvalue weighted by Gasteiger charge is -2.22. The van der Waals surface area contributed by atoms with Crippen molar-refractivity contribution in [2.45, 2.75) is 25.8 Å². The van der Waals surface area contributed by atoms with Gasteiger partial charge in [0.05, 0.1) is 11.3 Å². The van der Waals surface area contributed by atoms with Gasteiger partial charge in [-0.05, 0) is 38.0 Å². The molecule has 19 heavy (non-hydrogen) atoms. The van der Waals surface area contributed by atoms with Gasteiger partial charge in [0.25, 0.3) is 0 Å². The quantitative estimate of drug-likeness (QED) is 0.924. The second-order valence-electron chi connectivity index (χ2n) is 4.70. The van der Waals surface area contributed by atoms with Crippen LogP contribution in [-0.4, -0.2) is 29.9 Å². The summed E-state index contributed by atoms with van der Waals surface area (Å²) in [4.78, 5) is 14.0. The zero-order valence-electron chi connectivity index (χ0n) is 10.8. The predicted molar refractivity (Wildman–Crippen MR) is 75.1 cm³/mol. The first-order chi connectivity index (χ1) is 9.11. The standard InChI is InChI=1S/C14H16ClN3O/c1-10(14(19)18-6-2-3-7-18)17-13-5-4-12(15)8-11(13)9-16/h4-5,8,10,17H,2-3,6-7H2,1H3. The smallest absolute Gasteiger partial charge is 0.244 e. The van der Waals surface area contributed by atoms with E-state index in [2.05, 4.69) is 11.4 Å². The highest BCUT2D eigenvalue weighted by Gasteiger charge is 2.23. The molecule has 0 saturated carbocycles. The lowest BCUT2D eigenvalue weighted by molar-refractivity contribution is -0.130. The van der Waals surface area contributed by atoms with Crippen molar-refractivity contribution in [3.63, 3.8) is 0 Å². The number of carbonyl (C=O) groups excluding carboxylic acids is 1. The maximum absolute atomic E-state index is 12.2. The summed E-state index contributed by atoms with van der Waals surface area (Å²) in [5, 5.41) is 12.7. The van der Waals surface area contributed by atoms with Crippen LogP contribution in [0.1, 0.15) is 25.3 Å². The molecule has 1 fully saturated rings. The molecule has 1 aromatic rings. The fourth-order valence-corrected chi connectivity index (χ4v) is 2.41. The Morgan fingerprint density at radius 1 is 1.47 bits per heavy atom. The van der Waals surface area contributed by atoms with Gasteiger partial charge < -0.3 is 10.2 Å². The summed E-state index contributed by atoms with van der Waals surface area (Å²) in [6.07, 6.45) is 2.14. The third-order valence-electron chi connectivity index (χ3n) is 3.26. The summed E-state index contributed by atoms with van der Waals surface area (Å²) >= 11 is 5.84. The van der Waals surface area contributed by atoms with E-state index in [4.69, 9.17) is 16.9 Å². The monoisotopic (exact) mass is 277 g/mol. The Morgan fingerprint density at radius 2 is 2.16 bits per heavy atom. The number of nitriles is 1. The van der Waals surface area contributed by atoms with Gasteiger partial charge >= 0.3 is 0 Å². The molecule has 1 amide bonds. The molecule has 1 saturated heterocycles. The SMILES string of the molecule is CC(Nc1ccc(Cl)cc1C#N)C(=O)N1CCCC1. The van der Waals surface area contributed by atoms with E-state index in [0.29, 0.717) is 16.3 Å². The van der Waals surface area contributed by atoms with Gasteiger partial charge in [0.15, 0.2) is 0 Å². The van der Waals surface area contributed by atoms with Crippen LogP contribution in [0.2, 0.25) is 5.02 Å². The fourth-order valence-electron chi connectivity index (χ4n) is 2.24. The average Bonchev–Trinajstić information content (AvgIpc) is 2.93. The second-order valence-corrected chi connectivity index (χ2v) is 5.14. The molecule has 0 aromatic heterocycles. The van der Waals surface area contributed by atoms with E-state index in [1.54, 1.807) is 18.2 Å². The minimum atomic E-state index is -0.341. The van der Waals surface area contributed by atoms with Gasteiger partial charge in [-0.15, -0.1) is 0 Å². The second kappa shape index (κ2) is 5.94. The van der Waals surface area contributed by atoms with E-state index >= 15 is 0 Å². The van der Waals surface area contributed by atoms with Crippen molar-refractivity contribution in [2.75, 3.05) is 18.4 Å². The topological polar surface area (TPSA) is 56.1 Å². The minimum absolute atomic E-state index is 0.0799. The number of hydrogen-bond donors (Lipinski definition) is 1. The van der Waals surface area contributed by atoms with Crippen LogP contribution in [0.4, 0.5) is 5.69 Å². The van der Waals surface area contributed by atoms with Crippen LogP contribution in [0.5, 0.6) is 0 Å². The molecule has 1 aromatic carbocycles. The molecule has 1 N–H and O–H groups in total. The molecule has 5 heteroatoms. The summed E-state index contributed by atoms with van der Waals surface area (Å²) in [6.45, 7) is 3.48. The molecule has 4 nitrogen and oxygen atoms in total. The third-order valence-corrected chi connectivity index (χ3v) is 3.50. The Bertz CT molecular complexity index is 518. The molecule has 2 rings (SSSR count). The molecule has 0 spiro atoms. The Kier molecular flexibility index (Phi) is 4.28. The summed E-state index contributed by atoms with van der Waals surface area (Å²) in [7, 11) is 0. The van der Waals surface area contributed by atoms with Crippen LogP contribution in [0.15, 0.2) is 18.2 Å². The van der Waals surface area contributed by atoms with Crippen molar-refractivity contribution in [2.24, 2.45) is 0 Å². The number of halogens is 1. The molecule has 100 valence electrons. The highest BCUT2D eigenvalue weighted by Crippen LogP contribution is 2.21. The molecule has 0 bridgehead atoms. The molecule has 1 atom stereocenters. The number of amides is 1. The first-order valence-electron chi connectivity index (χ1n) is 6.37. The number of nitrogens with one attached hydrogen (secondary N) is 1. The Labute approximate surface area is 118 Å². The van der Waals surface area contributed by atoms with E-state index < -0.39 is 0 Å². The van der Waals surface area contributed by atoms with Gasteiger partial charge in [-0.2, -0.15) is 5.26 Å². The minimum Gasteiger partial charge on any atom is -0.373 e. The van der Waals surface area contributed by atoms with E-state index in [9.17, 15) is 4.79 Å². The van der Waals surface area contributed by atoms with Gasteiger partial charge in [-0.3, -0.25) is 4.79 Å². The van der Waals surface area contributed by atoms with Crippen LogP contribution in [-0.2, 0) is 4.79 Å². The van der Waals surface area contributed by atoms with Gasteiger partial charge in [0, 0.05) is 18.1 Å². The van der Waals surface area contributed by atoms with Crippen molar-refractivity contribution >= 4 is 23.2 Å². The van der Waals surface area contributed by atoms with Gasteiger partial charge in [0.2, 0.25) is 5.91 Å². The normalized spacial score (nSPS) is 15.9. The number of hydrogen-bond acceptors (Lipinski definition) is 3. The summed E-state index contributed by atoms with van der Waals surface area (Å²) in [5.41, 5.74) is 1.10. The van der Waals surface area contributed by atoms with E-state index in [1.807, 2.05) is 11.8 Å². The van der Waals surface area contributed by atoms with Crippen LogP contribution in [0, 0.1) is 11.3 Å². The lowest BCUT2D eigenvalue weighted by atomic mass is 10.1. The van der Waals surface area contributed by atoms with Crippen molar-refractivity contribution in [3.05, 3.63) is 28.8 Å². The van der Waals surface area contributed by atoms with Gasteiger partial charge in [0.1, 0.15) is 12.1 Å². The Hall–Kier alpha value is -1.73. The van der Waals surface area contributed by atoms with E-state index in [0.717, 1.165) is 25.9 Å². The molecule has 1 aliphatic heterocycles. The summed E-state index contributed by atoms with van der Waals surface area (Å²) in [5.74, 6) is 0.0799. The number of likely N-dealkylation sites (tertiary alicyclic amines) is 1. The van der Waals surface area contributed by atoms with Crippen LogP contribution < -0.4 is 5.32 Å². The maximum atomic E-state index is 12.2. The summed E-state index contributed by atoms with van der Waals surface area (Å²) < 4.78 is 0. The summed E-state index contributed by atoms with van der Waals surface area (Å²) in [6, 6.07) is 6.77. The van der Waals surface area contributed by atoms with E-state index in [-0.39, 0.29) is 11.9 Å². The van der Waals surface area contributed by atoms with Gasteiger partial charge in [-0.1, -0.05) is 11.6 Å². The zero-order chi connectivity index (χ0) is 13.8. The van der Waals surface area contributed by atoms with Crippen molar-refractivity contribution in [1.29, 1.82) is 5.26 Å². The number of rotatable bonds is 3. The Morgan fingerprint density at radius 3 is 2.79 bits per heavy atom. The maximum Gasteiger partial charge on any atom is 0.244 e. The largest absolute Gasteiger partial charge is 0.373 e. The molecular weight excluding hydrogens is 262 g/mol. The number of nitrogens with zero attached hydrogens (tertiary/aromatic N) is 2. The Balaban J connectivity index is 2.08. The number of benzene rings is 1. The highest BCUT2D eigenvalue weighted by atomic mass is 35.5.